The van der Waals surface area contributed by atoms with Gasteiger partial charge in [0.05, 0.1) is 39.6 Å². The molecule has 4 aromatic heterocycles. The van der Waals surface area contributed by atoms with Gasteiger partial charge in [-0.3, -0.25) is 9.55 Å². The van der Waals surface area contributed by atoms with E-state index in [0.29, 0.717) is 5.95 Å². The number of rotatable bonds is 4. The van der Waals surface area contributed by atoms with Gasteiger partial charge >= 0.3 is 0 Å². The van der Waals surface area contributed by atoms with Crippen molar-refractivity contribution in [3.05, 3.63) is 181 Å². The Hall–Kier alpha value is -6.85. The van der Waals surface area contributed by atoms with Gasteiger partial charge in [-0.1, -0.05) is 121 Å². The summed E-state index contributed by atoms with van der Waals surface area (Å²) in [7, 11) is 0. The molecule has 0 aliphatic heterocycles. The highest BCUT2D eigenvalue weighted by Gasteiger charge is 2.27. The summed E-state index contributed by atoms with van der Waals surface area (Å²) in [4.78, 5) is 15.1. The predicted molar refractivity (Wildman–Crippen MR) is 213 cm³/mol. The van der Waals surface area contributed by atoms with E-state index in [0.717, 1.165) is 45.3 Å². The molecule has 11 rings (SSSR count). The first-order valence-corrected chi connectivity index (χ1v) is 17.8. The van der Waals surface area contributed by atoms with Crippen LogP contribution in [0.3, 0.4) is 0 Å². The number of allylic oxidation sites excluding steroid dienone is 1. The molecule has 1 aliphatic carbocycles. The van der Waals surface area contributed by atoms with Crippen LogP contribution in [0.15, 0.2) is 164 Å². The van der Waals surface area contributed by atoms with Gasteiger partial charge in [-0.15, -0.1) is 0 Å². The average molecular weight is 666 g/mol. The van der Waals surface area contributed by atoms with Gasteiger partial charge in [0.15, 0.2) is 0 Å². The highest BCUT2D eigenvalue weighted by atomic mass is 15.2. The molecule has 0 fully saturated rings. The number of aromatic nitrogens is 5. The quantitative estimate of drug-likeness (QED) is 0.188. The molecule has 0 amide bonds. The van der Waals surface area contributed by atoms with Gasteiger partial charge in [0, 0.05) is 55.9 Å². The highest BCUT2D eigenvalue weighted by molar-refractivity contribution is 6.19. The molecule has 52 heavy (non-hydrogen) atoms. The van der Waals surface area contributed by atoms with Crippen molar-refractivity contribution in [3.63, 3.8) is 0 Å². The molecule has 0 saturated carbocycles. The molecule has 5 heteroatoms. The minimum absolute atomic E-state index is 0.172. The van der Waals surface area contributed by atoms with Crippen molar-refractivity contribution in [2.45, 2.75) is 12.3 Å². The maximum absolute atomic E-state index is 5.35. The molecule has 6 aromatic carbocycles. The molecular formula is C47H31N5. The van der Waals surface area contributed by atoms with Crippen LogP contribution in [0.4, 0.5) is 0 Å². The van der Waals surface area contributed by atoms with E-state index in [2.05, 4.69) is 160 Å². The second kappa shape index (κ2) is 11.3. The average Bonchev–Trinajstić information content (AvgIpc) is 3.73. The van der Waals surface area contributed by atoms with Crippen molar-refractivity contribution >= 4 is 60.5 Å². The summed E-state index contributed by atoms with van der Waals surface area (Å²) in [5, 5.41) is 7.13. The second-order valence-corrected chi connectivity index (χ2v) is 13.6. The number of para-hydroxylation sites is 3. The standard InChI is InChI=1S/C47H31N5/c1-2-13-30(14-3-1)45-38-20-6-9-21-41(38)49-47(50-45)52-43-23-11-8-18-35(43)40-28-39(33-16-4-5-19-37(33)46(40)52)31-24-25-36-34-17-7-10-22-42(34)51(44(36)27-31)32-15-12-26-48-29-32/h1-26,28-29,31H,27H2. The van der Waals surface area contributed by atoms with E-state index in [1.54, 1.807) is 0 Å². The third-order valence-corrected chi connectivity index (χ3v) is 10.8. The fraction of sp³-hybridized carbons (Fsp3) is 0.0426. The Labute approximate surface area is 299 Å². The molecule has 1 atom stereocenters. The fourth-order valence-corrected chi connectivity index (χ4v) is 8.53. The Bertz CT molecular complexity index is 3040. The van der Waals surface area contributed by atoms with Crippen LogP contribution in [-0.4, -0.2) is 24.1 Å². The third kappa shape index (κ3) is 4.26. The maximum atomic E-state index is 5.35. The molecule has 0 spiro atoms. The van der Waals surface area contributed by atoms with E-state index in [1.165, 1.54) is 49.3 Å². The highest BCUT2D eigenvalue weighted by Crippen LogP contribution is 2.44. The van der Waals surface area contributed by atoms with Crippen molar-refractivity contribution < 1.29 is 0 Å². The van der Waals surface area contributed by atoms with Crippen molar-refractivity contribution in [3.8, 4) is 22.9 Å². The zero-order valence-electron chi connectivity index (χ0n) is 28.2. The third-order valence-electron chi connectivity index (χ3n) is 10.8. The summed E-state index contributed by atoms with van der Waals surface area (Å²) in [6, 6.07) is 51.6. The van der Waals surface area contributed by atoms with Gasteiger partial charge in [-0.25, -0.2) is 9.97 Å². The number of fused-ring (bicyclic) bond motifs is 9. The Morgan fingerprint density at radius 2 is 1.25 bits per heavy atom. The van der Waals surface area contributed by atoms with Gasteiger partial charge in [0.25, 0.3) is 0 Å². The van der Waals surface area contributed by atoms with E-state index in [9.17, 15) is 0 Å². The van der Waals surface area contributed by atoms with E-state index >= 15 is 0 Å². The van der Waals surface area contributed by atoms with Gasteiger partial charge in [0.1, 0.15) is 0 Å². The first-order valence-electron chi connectivity index (χ1n) is 17.8. The summed E-state index contributed by atoms with van der Waals surface area (Å²) in [6.07, 6.45) is 9.43. The Morgan fingerprint density at radius 3 is 2.06 bits per heavy atom. The molecule has 0 radical (unpaired) electrons. The lowest BCUT2D eigenvalue weighted by atomic mass is 9.84. The molecule has 0 N–H and O–H groups in total. The van der Waals surface area contributed by atoms with E-state index in [1.807, 2.05) is 24.5 Å². The zero-order valence-corrected chi connectivity index (χ0v) is 28.2. The lowest BCUT2D eigenvalue weighted by Crippen LogP contribution is -2.10. The molecule has 10 aromatic rings. The Balaban J connectivity index is 1.16. The van der Waals surface area contributed by atoms with Crippen LogP contribution in [0, 0.1) is 0 Å². The molecule has 5 nitrogen and oxygen atoms in total. The van der Waals surface area contributed by atoms with E-state index < -0.39 is 0 Å². The van der Waals surface area contributed by atoms with Crippen LogP contribution in [0.25, 0.3) is 83.4 Å². The van der Waals surface area contributed by atoms with Crippen LogP contribution in [-0.2, 0) is 6.42 Å². The number of pyridine rings is 1. The number of hydrogen-bond acceptors (Lipinski definition) is 3. The largest absolute Gasteiger partial charge is 0.311 e. The molecule has 244 valence electrons. The number of hydrogen-bond donors (Lipinski definition) is 0. The summed E-state index contributed by atoms with van der Waals surface area (Å²) in [6.45, 7) is 0. The number of benzene rings is 6. The van der Waals surface area contributed by atoms with Crippen molar-refractivity contribution in [2.24, 2.45) is 0 Å². The van der Waals surface area contributed by atoms with Crippen molar-refractivity contribution in [1.82, 2.24) is 24.1 Å². The minimum Gasteiger partial charge on any atom is -0.311 e. The fourth-order valence-electron chi connectivity index (χ4n) is 8.53. The summed E-state index contributed by atoms with van der Waals surface area (Å²) < 4.78 is 4.69. The maximum Gasteiger partial charge on any atom is 0.235 e. The number of nitrogens with zero attached hydrogens (tertiary/aromatic N) is 5. The normalized spacial score (nSPS) is 14.2. The van der Waals surface area contributed by atoms with Crippen LogP contribution in [0.1, 0.15) is 22.7 Å². The van der Waals surface area contributed by atoms with Crippen LogP contribution >= 0.6 is 0 Å². The summed E-state index contributed by atoms with van der Waals surface area (Å²) >= 11 is 0. The predicted octanol–water partition coefficient (Wildman–Crippen LogP) is 11.2. The molecule has 1 unspecified atom stereocenters. The molecular weight excluding hydrogens is 635 g/mol. The smallest absolute Gasteiger partial charge is 0.235 e. The van der Waals surface area contributed by atoms with Crippen molar-refractivity contribution in [2.75, 3.05) is 0 Å². The van der Waals surface area contributed by atoms with Gasteiger partial charge in [-0.2, -0.15) is 0 Å². The lowest BCUT2D eigenvalue weighted by Gasteiger charge is -2.22. The second-order valence-electron chi connectivity index (χ2n) is 13.6. The first-order chi connectivity index (χ1) is 25.8. The minimum atomic E-state index is 0.172. The van der Waals surface area contributed by atoms with Crippen LogP contribution in [0.2, 0.25) is 0 Å². The van der Waals surface area contributed by atoms with Gasteiger partial charge < -0.3 is 4.57 Å². The van der Waals surface area contributed by atoms with E-state index in [-0.39, 0.29) is 5.92 Å². The molecule has 4 heterocycles. The Kier molecular flexibility index (Phi) is 6.31. The SMILES string of the molecule is C1=CC(c2cc3c4ccccc4n(-c4nc(-c5ccccc5)c5ccccc5n4)c3c3ccccc23)Cc2c1c1ccccc1n2-c1cccnc1. The summed E-state index contributed by atoms with van der Waals surface area (Å²) in [5.74, 6) is 0.843. The van der Waals surface area contributed by atoms with Crippen molar-refractivity contribution in [1.29, 1.82) is 0 Å². The molecule has 0 saturated heterocycles. The van der Waals surface area contributed by atoms with Crippen LogP contribution < -0.4 is 0 Å². The first kappa shape index (κ1) is 28.9. The van der Waals surface area contributed by atoms with E-state index in [4.69, 9.17) is 9.97 Å². The molecule has 1 aliphatic rings. The zero-order chi connectivity index (χ0) is 34.2. The lowest BCUT2D eigenvalue weighted by molar-refractivity contribution is 0.788. The van der Waals surface area contributed by atoms with Crippen LogP contribution in [0.5, 0.6) is 0 Å². The van der Waals surface area contributed by atoms with Gasteiger partial charge in [0.2, 0.25) is 5.95 Å². The Morgan fingerprint density at radius 1 is 0.558 bits per heavy atom. The molecule has 0 bridgehead atoms. The topological polar surface area (TPSA) is 48.5 Å². The summed E-state index contributed by atoms with van der Waals surface area (Å²) in [5.41, 5.74) is 11.4. The monoisotopic (exact) mass is 665 g/mol. The van der Waals surface area contributed by atoms with Gasteiger partial charge in [-0.05, 0) is 53.8 Å².